The van der Waals surface area contributed by atoms with Crippen LogP contribution in [0.5, 0.6) is 0 Å². The molecule has 1 saturated heterocycles. The molecule has 11 heavy (non-hydrogen) atoms. The first-order valence-electron chi connectivity index (χ1n) is 3.99. The fraction of sp³-hybridized carbons (Fsp3) is 1.00. The molecule has 0 unspecified atom stereocenters. The molecule has 0 saturated carbocycles. The Bertz CT molecular complexity index is 113. The van der Waals surface area contributed by atoms with Gasteiger partial charge in [-0.05, 0) is 25.8 Å². The lowest BCUT2D eigenvalue weighted by molar-refractivity contribution is 0.174. The monoisotopic (exact) mass is 177 g/mol. The maximum atomic E-state index is 9.17. The molecule has 0 aromatic heterocycles. The van der Waals surface area contributed by atoms with E-state index in [2.05, 4.69) is 22.0 Å². The summed E-state index contributed by atoms with van der Waals surface area (Å²) in [5.41, 5.74) is 0. The van der Waals surface area contributed by atoms with Gasteiger partial charge in [0, 0.05) is 19.6 Å². The van der Waals surface area contributed by atoms with Crippen LogP contribution in [0.2, 0.25) is 0 Å². The summed E-state index contributed by atoms with van der Waals surface area (Å²) in [6.07, 6.45) is 1.81. The van der Waals surface area contributed by atoms with Crippen LogP contribution < -0.4 is 0 Å². The summed E-state index contributed by atoms with van der Waals surface area (Å²) in [6, 6.07) is 0. The number of β-amino-alcohol motifs (C(OH)–C–C–N with tert-alkyl or cyclic N) is 1. The lowest BCUT2D eigenvalue weighted by Gasteiger charge is -2.13. The van der Waals surface area contributed by atoms with Gasteiger partial charge in [-0.1, -0.05) is 0 Å². The van der Waals surface area contributed by atoms with E-state index in [4.69, 9.17) is 5.11 Å². The highest BCUT2D eigenvalue weighted by Gasteiger charge is 2.18. The first kappa shape index (κ1) is 9.32. The molecule has 1 atom stereocenters. The van der Waals surface area contributed by atoms with Crippen LogP contribution >= 0.6 is 12.9 Å². The van der Waals surface area contributed by atoms with Crippen LogP contribution in [-0.4, -0.2) is 42.4 Å². The quantitative estimate of drug-likeness (QED) is 0.368. The van der Waals surface area contributed by atoms with Crippen LogP contribution in [0.4, 0.5) is 0 Å². The van der Waals surface area contributed by atoms with Crippen molar-refractivity contribution >= 4 is 12.9 Å². The lowest BCUT2D eigenvalue weighted by atomic mass is 10.3. The van der Waals surface area contributed by atoms with E-state index in [-0.39, 0.29) is 6.10 Å². The van der Waals surface area contributed by atoms with Gasteiger partial charge in [-0.15, -0.1) is 0 Å². The number of nitrogens with zero attached hydrogens (tertiary/aromatic N) is 1. The molecule has 1 rings (SSSR count). The highest BCUT2D eigenvalue weighted by Crippen LogP contribution is 2.08. The molecule has 3 nitrogen and oxygen atoms in total. The van der Waals surface area contributed by atoms with Crippen molar-refractivity contribution in [3.05, 3.63) is 0 Å². The number of likely N-dealkylation sites (tertiary alicyclic amines) is 1. The molecule has 4 heteroatoms. The van der Waals surface area contributed by atoms with Crippen molar-refractivity contribution in [2.45, 2.75) is 18.9 Å². The minimum atomic E-state index is -0.105. The molecule has 0 aromatic carbocycles. The minimum Gasteiger partial charge on any atom is -0.392 e. The van der Waals surface area contributed by atoms with Gasteiger partial charge in [0.2, 0.25) is 0 Å². The number of aliphatic hydroxyl groups excluding tert-OH is 1. The van der Waals surface area contributed by atoms with Gasteiger partial charge in [0.05, 0.1) is 12.7 Å². The Morgan fingerprint density at radius 1 is 1.64 bits per heavy atom. The molecule has 0 aromatic rings. The molecule has 1 aliphatic rings. The van der Waals surface area contributed by atoms with Crippen LogP contribution in [0.1, 0.15) is 12.8 Å². The third-order valence-corrected chi connectivity index (χ3v) is 2.14. The van der Waals surface area contributed by atoms with Gasteiger partial charge < -0.3 is 14.2 Å². The maximum Gasteiger partial charge on any atom is 0.0679 e. The highest BCUT2D eigenvalue weighted by molar-refractivity contribution is 7.75. The van der Waals surface area contributed by atoms with Crippen molar-refractivity contribution in [1.82, 2.24) is 4.90 Å². The standard InChI is InChI=1S/C7H15NO2S/c9-7-2-4-8(6-7)3-1-5-10-11/h7,9,11H,1-6H2/t7-/m1/s1. The molecule has 66 valence electrons. The Balaban J connectivity index is 1.99. The molecule has 1 fully saturated rings. The first-order valence-corrected chi connectivity index (χ1v) is 4.36. The second kappa shape index (κ2) is 4.98. The second-order valence-corrected chi connectivity index (χ2v) is 3.19. The number of hydrogen-bond acceptors (Lipinski definition) is 4. The fourth-order valence-electron chi connectivity index (χ4n) is 1.37. The molecule has 0 radical (unpaired) electrons. The molecule has 1 N–H and O–H groups in total. The van der Waals surface area contributed by atoms with Gasteiger partial charge in [-0.2, -0.15) is 0 Å². The topological polar surface area (TPSA) is 32.7 Å². The Morgan fingerprint density at radius 2 is 2.45 bits per heavy atom. The van der Waals surface area contributed by atoms with E-state index < -0.39 is 0 Å². The van der Waals surface area contributed by atoms with Crippen LogP contribution in [0.25, 0.3) is 0 Å². The van der Waals surface area contributed by atoms with E-state index in [1.807, 2.05) is 0 Å². The Kier molecular flexibility index (Phi) is 4.22. The van der Waals surface area contributed by atoms with Crippen molar-refractivity contribution < 1.29 is 9.29 Å². The van der Waals surface area contributed by atoms with Crippen molar-refractivity contribution in [3.8, 4) is 0 Å². The van der Waals surface area contributed by atoms with Gasteiger partial charge in [0.1, 0.15) is 0 Å². The zero-order valence-corrected chi connectivity index (χ0v) is 7.46. The SMILES string of the molecule is O[C@@H]1CCN(CCCOS)C1. The van der Waals surface area contributed by atoms with Gasteiger partial charge in [-0.3, -0.25) is 0 Å². The van der Waals surface area contributed by atoms with E-state index in [9.17, 15) is 0 Å². The summed E-state index contributed by atoms with van der Waals surface area (Å²) in [4.78, 5) is 2.25. The van der Waals surface area contributed by atoms with E-state index >= 15 is 0 Å². The molecule has 0 amide bonds. The molecule has 1 heterocycles. The van der Waals surface area contributed by atoms with Gasteiger partial charge in [-0.25, -0.2) is 0 Å². The molecular weight excluding hydrogens is 162 g/mol. The van der Waals surface area contributed by atoms with E-state index in [0.717, 1.165) is 32.5 Å². The summed E-state index contributed by atoms with van der Waals surface area (Å²) >= 11 is 3.65. The van der Waals surface area contributed by atoms with Crippen molar-refractivity contribution in [1.29, 1.82) is 0 Å². The Hall–Kier alpha value is 0.230. The van der Waals surface area contributed by atoms with E-state index in [1.54, 1.807) is 0 Å². The van der Waals surface area contributed by atoms with Crippen molar-refractivity contribution in [2.24, 2.45) is 0 Å². The smallest absolute Gasteiger partial charge is 0.0679 e. The summed E-state index contributed by atoms with van der Waals surface area (Å²) in [7, 11) is 0. The molecule has 0 spiro atoms. The lowest BCUT2D eigenvalue weighted by Crippen LogP contribution is -2.23. The maximum absolute atomic E-state index is 9.17. The number of thiol groups is 1. The largest absolute Gasteiger partial charge is 0.392 e. The fourth-order valence-corrected chi connectivity index (χ4v) is 1.50. The van der Waals surface area contributed by atoms with Crippen LogP contribution in [-0.2, 0) is 4.18 Å². The third-order valence-electron chi connectivity index (χ3n) is 1.96. The average Bonchev–Trinajstić information content (AvgIpc) is 2.37. The second-order valence-electron chi connectivity index (χ2n) is 2.93. The molecular formula is C7H15NO2S. The summed E-state index contributed by atoms with van der Waals surface area (Å²) in [5, 5.41) is 9.17. The van der Waals surface area contributed by atoms with Crippen LogP contribution in [0.3, 0.4) is 0 Å². The minimum absolute atomic E-state index is 0.105. The zero-order valence-electron chi connectivity index (χ0n) is 6.57. The predicted octanol–water partition coefficient (Wildman–Crippen LogP) is 0.305. The summed E-state index contributed by atoms with van der Waals surface area (Å²) in [6.45, 7) is 3.55. The summed E-state index contributed by atoms with van der Waals surface area (Å²) in [5.74, 6) is 0. The predicted molar refractivity (Wildman–Crippen MR) is 46.6 cm³/mol. The molecule has 0 bridgehead atoms. The first-order chi connectivity index (χ1) is 5.33. The number of hydrogen-bond donors (Lipinski definition) is 2. The van der Waals surface area contributed by atoms with Crippen LogP contribution in [0.15, 0.2) is 0 Å². The Labute approximate surface area is 73.0 Å². The normalized spacial score (nSPS) is 26.2. The highest BCUT2D eigenvalue weighted by atomic mass is 32.1. The van der Waals surface area contributed by atoms with Crippen molar-refractivity contribution in [3.63, 3.8) is 0 Å². The van der Waals surface area contributed by atoms with E-state index in [1.165, 1.54) is 0 Å². The van der Waals surface area contributed by atoms with E-state index in [0.29, 0.717) is 6.61 Å². The molecule has 1 aliphatic heterocycles. The average molecular weight is 177 g/mol. The number of rotatable bonds is 4. The van der Waals surface area contributed by atoms with Crippen LogP contribution in [0, 0.1) is 0 Å². The Morgan fingerprint density at radius 3 is 3.00 bits per heavy atom. The summed E-state index contributed by atoms with van der Waals surface area (Å²) < 4.78 is 4.63. The van der Waals surface area contributed by atoms with Gasteiger partial charge in [0.15, 0.2) is 0 Å². The van der Waals surface area contributed by atoms with Gasteiger partial charge in [0.25, 0.3) is 0 Å². The number of aliphatic hydroxyl groups is 1. The third kappa shape index (κ3) is 3.42. The molecule has 0 aliphatic carbocycles. The zero-order chi connectivity index (χ0) is 8.10. The van der Waals surface area contributed by atoms with Crippen molar-refractivity contribution in [2.75, 3.05) is 26.2 Å². The van der Waals surface area contributed by atoms with Gasteiger partial charge >= 0.3 is 0 Å².